The van der Waals surface area contributed by atoms with Crippen LogP contribution in [-0.4, -0.2) is 52.2 Å². The maximum Gasteiger partial charge on any atom is 0.343 e. The number of amides is 3. The molecule has 2 rings (SSSR count). The fraction of sp³-hybridized carbons (Fsp3) is 0.471. The molecule has 1 heterocycles. The van der Waals surface area contributed by atoms with Gasteiger partial charge in [-0.15, -0.1) is 0 Å². The Hall–Kier alpha value is -2.35. The molecule has 26 heavy (non-hydrogen) atoms. The van der Waals surface area contributed by atoms with E-state index in [1.807, 2.05) is 20.8 Å². The SMILES string of the molecule is CC(C)(C)NC(=O)Nc1ccc(Cl)c(C(=O)N2CCC(F)(C(=O)O)C2)c1. The lowest BCUT2D eigenvalue weighted by Crippen LogP contribution is -2.43. The molecule has 142 valence electrons. The Labute approximate surface area is 155 Å². The lowest BCUT2D eigenvalue weighted by Gasteiger charge is -2.21. The predicted molar refractivity (Wildman–Crippen MR) is 95.4 cm³/mol. The van der Waals surface area contributed by atoms with Crippen LogP contribution in [0.15, 0.2) is 18.2 Å². The van der Waals surface area contributed by atoms with Gasteiger partial charge in [0, 0.05) is 24.2 Å². The largest absolute Gasteiger partial charge is 0.479 e. The molecule has 1 saturated heterocycles. The Bertz CT molecular complexity index is 750. The Kier molecular flexibility index (Phi) is 5.46. The van der Waals surface area contributed by atoms with Crippen LogP contribution in [0.3, 0.4) is 0 Å². The monoisotopic (exact) mass is 385 g/mol. The third-order valence-electron chi connectivity index (χ3n) is 3.83. The first-order valence-electron chi connectivity index (χ1n) is 8.02. The van der Waals surface area contributed by atoms with Gasteiger partial charge in [-0.2, -0.15) is 0 Å². The van der Waals surface area contributed by atoms with E-state index in [1.165, 1.54) is 18.2 Å². The summed E-state index contributed by atoms with van der Waals surface area (Å²) in [5, 5.41) is 14.4. The molecular formula is C17H21ClFN3O4. The van der Waals surface area contributed by atoms with Crippen LogP contribution in [0.2, 0.25) is 5.02 Å². The standard InChI is InChI=1S/C17H21ClFN3O4/c1-16(2,3)21-15(26)20-10-4-5-12(18)11(8-10)13(23)22-7-6-17(19,9-22)14(24)25/h4-5,8H,6-7,9H2,1-3H3,(H,24,25)(H2,20,21,26). The van der Waals surface area contributed by atoms with E-state index in [2.05, 4.69) is 10.6 Å². The second-order valence-electron chi connectivity index (χ2n) is 7.27. The smallest absolute Gasteiger partial charge is 0.343 e. The summed E-state index contributed by atoms with van der Waals surface area (Å²) in [5.74, 6) is -2.18. The van der Waals surface area contributed by atoms with E-state index in [4.69, 9.17) is 16.7 Å². The van der Waals surface area contributed by atoms with Gasteiger partial charge in [-0.3, -0.25) is 4.79 Å². The fourth-order valence-electron chi connectivity index (χ4n) is 2.56. The van der Waals surface area contributed by atoms with Gasteiger partial charge >= 0.3 is 12.0 Å². The van der Waals surface area contributed by atoms with E-state index in [-0.39, 0.29) is 23.6 Å². The molecule has 1 unspecified atom stereocenters. The van der Waals surface area contributed by atoms with Crippen LogP contribution >= 0.6 is 11.6 Å². The van der Waals surface area contributed by atoms with Crippen molar-refractivity contribution in [3.05, 3.63) is 28.8 Å². The third kappa shape index (κ3) is 4.63. The van der Waals surface area contributed by atoms with Gasteiger partial charge < -0.3 is 20.6 Å². The first kappa shape index (κ1) is 20.0. The molecule has 1 aromatic carbocycles. The fourth-order valence-corrected chi connectivity index (χ4v) is 2.76. The zero-order valence-electron chi connectivity index (χ0n) is 14.7. The number of carbonyl (C=O) groups excluding carboxylic acids is 2. The van der Waals surface area contributed by atoms with Gasteiger partial charge in [-0.25, -0.2) is 14.0 Å². The highest BCUT2D eigenvalue weighted by Gasteiger charge is 2.47. The van der Waals surface area contributed by atoms with Crippen LogP contribution in [0.4, 0.5) is 14.9 Å². The molecule has 9 heteroatoms. The van der Waals surface area contributed by atoms with Crippen molar-refractivity contribution in [2.45, 2.75) is 38.4 Å². The minimum atomic E-state index is -2.45. The minimum Gasteiger partial charge on any atom is -0.479 e. The number of rotatable bonds is 3. The predicted octanol–water partition coefficient (Wildman–Crippen LogP) is 2.90. The normalized spacial score (nSPS) is 20.0. The third-order valence-corrected chi connectivity index (χ3v) is 4.16. The molecule has 0 spiro atoms. The van der Waals surface area contributed by atoms with Crippen molar-refractivity contribution in [3.63, 3.8) is 0 Å². The molecule has 0 aliphatic carbocycles. The Morgan fingerprint density at radius 3 is 2.50 bits per heavy atom. The summed E-state index contributed by atoms with van der Waals surface area (Å²) in [7, 11) is 0. The number of urea groups is 1. The molecule has 0 aromatic heterocycles. The van der Waals surface area contributed by atoms with E-state index >= 15 is 0 Å². The summed E-state index contributed by atoms with van der Waals surface area (Å²) >= 11 is 6.06. The van der Waals surface area contributed by atoms with Gasteiger partial charge in [-0.1, -0.05) is 11.6 Å². The van der Waals surface area contributed by atoms with Crippen molar-refractivity contribution >= 4 is 35.2 Å². The van der Waals surface area contributed by atoms with Gasteiger partial charge in [0.05, 0.1) is 17.1 Å². The number of nitrogens with zero attached hydrogens (tertiary/aromatic N) is 1. The number of anilines is 1. The second kappa shape index (κ2) is 7.11. The van der Waals surface area contributed by atoms with Crippen molar-refractivity contribution in [2.24, 2.45) is 0 Å². The Morgan fingerprint density at radius 2 is 1.96 bits per heavy atom. The summed E-state index contributed by atoms with van der Waals surface area (Å²) in [6.07, 6.45) is -0.280. The van der Waals surface area contributed by atoms with Gasteiger partial charge in [-0.05, 0) is 39.0 Å². The molecule has 1 aromatic rings. The summed E-state index contributed by atoms with van der Waals surface area (Å²) < 4.78 is 14.2. The van der Waals surface area contributed by atoms with E-state index in [0.717, 1.165) is 4.90 Å². The number of halogens is 2. The number of nitrogens with one attached hydrogen (secondary N) is 2. The average molecular weight is 386 g/mol. The summed E-state index contributed by atoms with van der Waals surface area (Å²) in [6.45, 7) is 4.90. The van der Waals surface area contributed by atoms with Crippen molar-refractivity contribution in [1.29, 1.82) is 0 Å². The molecule has 0 radical (unpaired) electrons. The highest BCUT2D eigenvalue weighted by Crippen LogP contribution is 2.29. The topological polar surface area (TPSA) is 98.7 Å². The highest BCUT2D eigenvalue weighted by molar-refractivity contribution is 6.34. The first-order valence-corrected chi connectivity index (χ1v) is 8.39. The number of aliphatic carboxylic acids is 1. The number of likely N-dealkylation sites (tertiary alicyclic amines) is 1. The molecule has 7 nitrogen and oxygen atoms in total. The van der Waals surface area contributed by atoms with E-state index in [0.29, 0.717) is 5.69 Å². The van der Waals surface area contributed by atoms with Crippen molar-refractivity contribution in [1.82, 2.24) is 10.2 Å². The number of carboxylic acid groups (broad SMARTS) is 1. The van der Waals surface area contributed by atoms with E-state index < -0.39 is 35.7 Å². The second-order valence-corrected chi connectivity index (χ2v) is 7.68. The molecule has 3 N–H and O–H groups in total. The van der Waals surface area contributed by atoms with Crippen molar-refractivity contribution in [2.75, 3.05) is 18.4 Å². The maximum atomic E-state index is 14.2. The van der Waals surface area contributed by atoms with Crippen molar-refractivity contribution in [3.8, 4) is 0 Å². The Balaban J connectivity index is 2.16. The molecule has 0 bridgehead atoms. The van der Waals surface area contributed by atoms with Gasteiger partial charge in [0.15, 0.2) is 0 Å². The van der Waals surface area contributed by atoms with E-state index in [1.54, 1.807) is 0 Å². The number of alkyl halides is 1. The van der Waals surface area contributed by atoms with Crippen LogP contribution in [0.1, 0.15) is 37.6 Å². The quantitative estimate of drug-likeness (QED) is 0.745. The van der Waals surface area contributed by atoms with Gasteiger partial charge in [0.25, 0.3) is 5.91 Å². The maximum absolute atomic E-state index is 14.2. The molecule has 1 atom stereocenters. The first-order chi connectivity index (χ1) is 11.9. The number of carbonyl (C=O) groups is 3. The van der Waals surface area contributed by atoms with Crippen LogP contribution in [0.5, 0.6) is 0 Å². The zero-order chi connectivity index (χ0) is 19.7. The van der Waals surface area contributed by atoms with Crippen molar-refractivity contribution < 1.29 is 23.9 Å². The highest BCUT2D eigenvalue weighted by atomic mass is 35.5. The van der Waals surface area contributed by atoms with Crippen LogP contribution < -0.4 is 10.6 Å². The van der Waals surface area contributed by atoms with Crippen LogP contribution in [0.25, 0.3) is 0 Å². The van der Waals surface area contributed by atoms with Crippen LogP contribution in [0, 0.1) is 0 Å². The molecular weight excluding hydrogens is 365 g/mol. The summed E-state index contributed by atoms with van der Waals surface area (Å²) in [5.41, 5.74) is -2.49. The van der Waals surface area contributed by atoms with E-state index in [9.17, 15) is 18.8 Å². The molecule has 3 amide bonds. The number of benzene rings is 1. The number of carboxylic acids is 1. The Morgan fingerprint density at radius 1 is 1.31 bits per heavy atom. The summed E-state index contributed by atoms with van der Waals surface area (Å²) in [4.78, 5) is 36.6. The number of hydrogen-bond donors (Lipinski definition) is 3. The lowest BCUT2D eigenvalue weighted by molar-refractivity contribution is -0.149. The molecule has 1 aliphatic rings. The van der Waals surface area contributed by atoms with Crippen LogP contribution in [-0.2, 0) is 4.79 Å². The van der Waals surface area contributed by atoms with Gasteiger partial charge in [0.1, 0.15) is 0 Å². The molecule has 1 aliphatic heterocycles. The average Bonchev–Trinajstić information content (AvgIpc) is 2.90. The number of hydrogen-bond acceptors (Lipinski definition) is 3. The van der Waals surface area contributed by atoms with Gasteiger partial charge in [0.2, 0.25) is 5.67 Å². The molecule has 0 saturated carbocycles. The lowest BCUT2D eigenvalue weighted by atomic mass is 10.1. The summed E-state index contributed by atoms with van der Waals surface area (Å²) in [6, 6.07) is 3.90. The minimum absolute atomic E-state index is 0.0277. The zero-order valence-corrected chi connectivity index (χ0v) is 15.5. The molecule has 1 fully saturated rings.